The molecule has 0 aliphatic carbocycles. The topological polar surface area (TPSA) is 69.5 Å². The van der Waals surface area contributed by atoms with Gasteiger partial charge in [-0.05, 0) is 23.6 Å². The summed E-state index contributed by atoms with van der Waals surface area (Å²) in [5.74, 6) is 0.672. The third kappa shape index (κ3) is 6.52. The average molecular weight is 478 g/mol. The molecule has 1 aromatic heterocycles. The molecule has 0 saturated carbocycles. The number of guanidine groups is 1. The van der Waals surface area contributed by atoms with Crippen LogP contribution in [0.3, 0.4) is 0 Å². The summed E-state index contributed by atoms with van der Waals surface area (Å²) in [5, 5.41) is 18.6. The van der Waals surface area contributed by atoms with Crippen molar-refractivity contribution in [1.82, 2.24) is 15.6 Å². The van der Waals surface area contributed by atoms with Crippen molar-refractivity contribution in [3.05, 3.63) is 51.2 Å². The van der Waals surface area contributed by atoms with E-state index < -0.39 is 5.82 Å². The van der Waals surface area contributed by atoms with Gasteiger partial charge in [-0.2, -0.15) is 0 Å². The predicted octanol–water partition coefficient (Wildman–Crippen LogP) is 3.38. The van der Waals surface area contributed by atoms with Crippen molar-refractivity contribution in [3.8, 4) is 0 Å². The lowest BCUT2D eigenvalue weighted by Gasteiger charge is -2.11. The Labute approximate surface area is 168 Å². The van der Waals surface area contributed by atoms with Crippen molar-refractivity contribution in [2.45, 2.75) is 39.5 Å². The monoisotopic (exact) mass is 478 g/mol. The molecule has 0 amide bonds. The lowest BCUT2D eigenvalue weighted by molar-refractivity contribution is 0.275. The van der Waals surface area contributed by atoms with Crippen molar-refractivity contribution >= 4 is 41.3 Å². The quantitative estimate of drug-likeness (QED) is 0.338. The summed E-state index contributed by atoms with van der Waals surface area (Å²) in [6.45, 7) is 5.02. The molecule has 0 aliphatic heterocycles. The Kier molecular flexibility index (Phi) is 9.30. The summed E-state index contributed by atoms with van der Waals surface area (Å²) in [6, 6.07) is 4.69. The molecule has 0 aliphatic rings. The first-order valence-electron chi connectivity index (χ1n) is 7.80. The number of hydrogen-bond donors (Lipinski definition) is 3. The first-order valence-corrected chi connectivity index (χ1v) is 8.68. The molecular formula is C17H24FIN4OS. The number of halogens is 2. The van der Waals surface area contributed by atoms with Crippen LogP contribution in [-0.2, 0) is 19.7 Å². The molecule has 2 aromatic rings. The van der Waals surface area contributed by atoms with Gasteiger partial charge in [0, 0.05) is 24.5 Å². The fourth-order valence-corrected chi connectivity index (χ4v) is 2.99. The molecule has 0 spiro atoms. The zero-order valence-electron chi connectivity index (χ0n) is 14.5. The van der Waals surface area contributed by atoms with E-state index in [1.54, 1.807) is 30.5 Å². The number of nitrogens with one attached hydrogen (secondary N) is 2. The maximum atomic E-state index is 13.4. The second kappa shape index (κ2) is 10.7. The second-order valence-corrected chi connectivity index (χ2v) is 6.63. The molecule has 25 heavy (non-hydrogen) atoms. The van der Waals surface area contributed by atoms with Crippen LogP contribution in [0.1, 0.15) is 41.6 Å². The third-order valence-electron chi connectivity index (χ3n) is 3.53. The van der Waals surface area contributed by atoms with E-state index in [9.17, 15) is 4.39 Å². The fraction of sp³-hybridized carbons (Fsp3) is 0.412. The van der Waals surface area contributed by atoms with Crippen LogP contribution in [0, 0.1) is 5.82 Å². The summed E-state index contributed by atoms with van der Waals surface area (Å²) >= 11 is 1.63. The highest BCUT2D eigenvalue weighted by Crippen LogP contribution is 2.17. The Hall–Kier alpha value is -1.26. The molecule has 0 atom stereocenters. The van der Waals surface area contributed by atoms with Gasteiger partial charge < -0.3 is 15.7 Å². The van der Waals surface area contributed by atoms with E-state index in [1.807, 2.05) is 0 Å². The molecule has 0 fully saturated rings. The van der Waals surface area contributed by atoms with Crippen molar-refractivity contribution in [2.24, 2.45) is 4.99 Å². The number of aromatic nitrogens is 1. The van der Waals surface area contributed by atoms with Gasteiger partial charge >= 0.3 is 0 Å². The van der Waals surface area contributed by atoms with E-state index in [0.717, 1.165) is 16.3 Å². The Morgan fingerprint density at radius 2 is 2.04 bits per heavy atom. The largest absolute Gasteiger partial charge is 0.392 e. The summed E-state index contributed by atoms with van der Waals surface area (Å²) in [7, 11) is 1.69. The molecule has 1 heterocycles. The molecule has 8 heteroatoms. The number of benzene rings is 1. The first kappa shape index (κ1) is 21.8. The van der Waals surface area contributed by atoms with Crippen LogP contribution in [0.25, 0.3) is 0 Å². The maximum absolute atomic E-state index is 13.4. The summed E-state index contributed by atoms with van der Waals surface area (Å²) in [5.41, 5.74) is 2.27. The third-order valence-corrected chi connectivity index (χ3v) is 4.40. The molecule has 0 radical (unpaired) electrons. The number of hydrogen-bond acceptors (Lipinski definition) is 4. The second-order valence-electron chi connectivity index (χ2n) is 5.68. The standard InChI is InChI=1S/C17H23FN4OS.HI/c1-11(2)15-10-24-16(22-15)8-21-17(19-3)20-7-12-4-5-14(18)13(6-12)9-23;/h4-6,10-11,23H,7-9H2,1-3H3,(H2,19,20,21);1H. The normalized spacial score (nSPS) is 11.4. The van der Waals surface area contributed by atoms with Gasteiger partial charge in [0.2, 0.25) is 0 Å². The minimum absolute atomic E-state index is 0. The Morgan fingerprint density at radius 3 is 2.64 bits per heavy atom. The van der Waals surface area contributed by atoms with Crippen molar-refractivity contribution in [1.29, 1.82) is 0 Å². The number of rotatable bonds is 6. The van der Waals surface area contributed by atoms with Crippen LogP contribution < -0.4 is 10.6 Å². The zero-order valence-corrected chi connectivity index (χ0v) is 17.7. The molecule has 138 valence electrons. The van der Waals surface area contributed by atoms with Gasteiger partial charge in [-0.3, -0.25) is 4.99 Å². The van der Waals surface area contributed by atoms with Gasteiger partial charge in [-0.1, -0.05) is 19.9 Å². The number of aliphatic hydroxyl groups excluding tert-OH is 1. The molecular weight excluding hydrogens is 454 g/mol. The highest BCUT2D eigenvalue weighted by Gasteiger charge is 2.07. The zero-order chi connectivity index (χ0) is 17.5. The fourth-order valence-electron chi connectivity index (χ4n) is 2.10. The van der Waals surface area contributed by atoms with Crippen molar-refractivity contribution < 1.29 is 9.50 Å². The number of thiazole rings is 1. The molecule has 2 rings (SSSR count). The number of nitrogens with zero attached hydrogens (tertiary/aromatic N) is 2. The summed E-state index contributed by atoms with van der Waals surface area (Å²) in [6.07, 6.45) is 0. The van der Waals surface area contributed by atoms with E-state index in [1.165, 1.54) is 6.07 Å². The van der Waals surface area contributed by atoms with Crippen LogP contribution in [0.4, 0.5) is 4.39 Å². The average Bonchev–Trinajstić information content (AvgIpc) is 3.05. The minimum atomic E-state index is -0.395. The Morgan fingerprint density at radius 1 is 1.32 bits per heavy atom. The van der Waals surface area contributed by atoms with Crippen LogP contribution in [0.15, 0.2) is 28.6 Å². The molecule has 0 saturated heterocycles. The van der Waals surface area contributed by atoms with E-state index in [-0.39, 0.29) is 30.6 Å². The van der Waals surface area contributed by atoms with Gasteiger partial charge in [0.15, 0.2) is 5.96 Å². The van der Waals surface area contributed by atoms with Crippen LogP contribution >= 0.6 is 35.3 Å². The molecule has 1 aromatic carbocycles. The van der Waals surface area contributed by atoms with E-state index >= 15 is 0 Å². The SMILES string of the molecule is CN=C(NCc1ccc(F)c(CO)c1)NCc1nc(C(C)C)cs1.I. The highest BCUT2D eigenvalue weighted by atomic mass is 127. The number of aliphatic imine (C=N–C) groups is 1. The minimum Gasteiger partial charge on any atom is -0.392 e. The smallest absolute Gasteiger partial charge is 0.191 e. The summed E-state index contributed by atoms with van der Waals surface area (Å²) < 4.78 is 13.4. The van der Waals surface area contributed by atoms with E-state index in [2.05, 4.69) is 39.8 Å². The first-order chi connectivity index (χ1) is 11.5. The van der Waals surface area contributed by atoms with Crippen molar-refractivity contribution in [3.63, 3.8) is 0 Å². The van der Waals surface area contributed by atoms with E-state index in [0.29, 0.717) is 30.5 Å². The van der Waals surface area contributed by atoms with Gasteiger partial charge in [0.25, 0.3) is 0 Å². The summed E-state index contributed by atoms with van der Waals surface area (Å²) in [4.78, 5) is 8.74. The maximum Gasteiger partial charge on any atom is 0.191 e. The van der Waals surface area contributed by atoms with E-state index in [4.69, 9.17) is 5.11 Å². The van der Waals surface area contributed by atoms with Gasteiger partial charge in [-0.25, -0.2) is 9.37 Å². The Bertz CT molecular complexity index is 706. The lowest BCUT2D eigenvalue weighted by atomic mass is 10.1. The van der Waals surface area contributed by atoms with Crippen molar-refractivity contribution in [2.75, 3.05) is 7.05 Å². The van der Waals surface area contributed by atoms with Gasteiger partial charge in [0.1, 0.15) is 10.8 Å². The molecule has 0 unspecified atom stereocenters. The molecule has 3 N–H and O–H groups in total. The molecule has 0 bridgehead atoms. The predicted molar refractivity (Wildman–Crippen MR) is 111 cm³/mol. The van der Waals surface area contributed by atoms with Crippen LogP contribution in [0.5, 0.6) is 0 Å². The van der Waals surface area contributed by atoms with Crippen LogP contribution in [0.2, 0.25) is 0 Å². The van der Waals surface area contributed by atoms with Gasteiger partial charge in [-0.15, -0.1) is 35.3 Å². The highest BCUT2D eigenvalue weighted by molar-refractivity contribution is 14.0. The van der Waals surface area contributed by atoms with Gasteiger partial charge in [0.05, 0.1) is 18.8 Å². The Balaban J connectivity index is 0.00000312. The lowest BCUT2D eigenvalue weighted by Crippen LogP contribution is -2.36. The van der Waals surface area contributed by atoms with Crippen LogP contribution in [-0.4, -0.2) is 23.1 Å². The number of aliphatic hydroxyl groups is 1. The molecule has 5 nitrogen and oxygen atoms in total.